The summed E-state index contributed by atoms with van der Waals surface area (Å²) in [6, 6.07) is 17.0. The summed E-state index contributed by atoms with van der Waals surface area (Å²) in [5.74, 6) is 0.704. The second-order valence-electron chi connectivity index (χ2n) is 8.99. The number of hydrogen-bond acceptors (Lipinski definition) is 3. The van der Waals surface area contributed by atoms with Crippen molar-refractivity contribution in [1.29, 1.82) is 0 Å². The lowest BCUT2D eigenvalue weighted by molar-refractivity contribution is -0.934. The molecule has 7 heteroatoms. The Morgan fingerprint density at radius 1 is 1.12 bits per heavy atom. The molecule has 0 radical (unpaired) electrons. The first-order chi connectivity index (χ1) is 15.9. The molecule has 2 aromatic carbocycles. The molecule has 1 unspecified atom stereocenters. The van der Waals surface area contributed by atoms with Gasteiger partial charge in [-0.2, -0.15) is 0 Å². The van der Waals surface area contributed by atoms with Gasteiger partial charge < -0.3 is 19.2 Å². The highest BCUT2D eigenvalue weighted by Crippen LogP contribution is 2.21. The summed E-state index contributed by atoms with van der Waals surface area (Å²) < 4.78 is 6.61. The number of aliphatic hydroxyl groups is 1. The molecule has 1 fully saturated rings. The molecule has 2 aromatic rings. The number of rotatable bonds is 10. The summed E-state index contributed by atoms with van der Waals surface area (Å²) in [6.07, 6.45) is 2.89. The number of carbonyl (C=O) groups excluding carboxylic acids is 1. The Morgan fingerprint density at radius 2 is 1.79 bits per heavy atom. The Labute approximate surface area is 202 Å². The van der Waals surface area contributed by atoms with Crippen LogP contribution in [0.4, 0.5) is 10.5 Å². The molecule has 3 rings (SSSR count). The number of carbonyl (C=O) groups is 1. The average molecular weight is 475 g/mol. The third kappa shape index (κ3) is 7.36. The molecule has 6 nitrogen and oxygen atoms in total. The van der Waals surface area contributed by atoms with Crippen molar-refractivity contribution in [2.75, 3.05) is 57.8 Å². The van der Waals surface area contributed by atoms with Crippen LogP contribution in [0.1, 0.15) is 26.2 Å². The van der Waals surface area contributed by atoms with E-state index in [0.29, 0.717) is 30.4 Å². The zero-order valence-corrected chi connectivity index (χ0v) is 20.6. The van der Waals surface area contributed by atoms with E-state index in [4.69, 9.17) is 16.3 Å². The Morgan fingerprint density at radius 3 is 2.42 bits per heavy atom. The third-order valence-corrected chi connectivity index (χ3v) is 6.73. The van der Waals surface area contributed by atoms with Crippen LogP contribution >= 0.6 is 11.6 Å². The van der Waals surface area contributed by atoms with Crippen LogP contribution in [0.2, 0.25) is 5.02 Å². The van der Waals surface area contributed by atoms with Gasteiger partial charge >= 0.3 is 6.03 Å². The lowest BCUT2D eigenvalue weighted by Gasteiger charge is -2.46. The van der Waals surface area contributed by atoms with Crippen molar-refractivity contribution in [3.63, 3.8) is 0 Å². The summed E-state index contributed by atoms with van der Waals surface area (Å²) in [4.78, 5) is 16.7. The second kappa shape index (κ2) is 12.3. The molecule has 33 heavy (non-hydrogen) atoms. The van der Waals surface area contributed by atoms with E-state index in [0.717, 1.165) is 42.6 Å². The Balaban J connectivity index is 1.57. The van der Waals surface area contributed by atoms with Gasteiger partial charge in [-0.1, -0.05) is 43.1 Å². The monoisotopic (exact) mass is 474 g/mol. The van der Waals surface area contributed by atoms with Crippen LogP contribution in [-0.4, -0.2) is 79.5 Å². The van der Waals surface area contributed by atoms with Crippen LogP contribution in [-0.2, 0) is 0 Å². The second-order valence-corrected chi connectivity index (χ2v) is 9.42. The lowest BCUT2D eigenvalue weighted by Crippen LogP contribution is -2.64. The number of nitrogens with zero attached hydrogens (tertiary/aromatic N) is 3. The van der Waals surface area contributed by atoms with Gasteiger partial charge in [0, 0.05) is 17.8 Å². The summed E-state index contributed by atoms with van der Waals surface area (Å²) in [5, 5.41) is 11.5. The minimum absolute atomic E-state index is 0.0270. The average Bonchev–Trinajstić information content (AvgIpc) is 2.84. The molecule has 1 aliphatic rings. The molecule has 2 amide bonds. The zero-order chi connectivity index (χ0) is 23.7. The van der Waals surface area contributed by atoms with Crippen molar-refractivity contribution in [2.45, 2.75) is 32.3 Å². The summed E-state index contributed by atoms with van der Waals surface area (Å²) in [5.41, 5.74) is 0.895. The molecule has 1 heterocycles. The van der Waals surface area contributed by atoms with Gasteiger partial charge in [0.15, 0.2) is 0 Å². The van der Waals surface area contributed by atoms with Crippen LogP contribution < -0.4 is 9.64 Å². The van der Waals surface area contributed by atoms with Crippen molar-refractivity contribution in [3.05, 3.63) is 59.6 Å². The van der Waals surface area contributed by atoms with Gasteiger partial charge in [0.2, 0.25) is 0 Å². The number of hydrogen-bond donors (Lipinski definition) is 1. The fourth-order valence-corrected chi connectivity index (χ4v) is 4.60. The van der Waals surface area contributed by atoms with E-state index < -0.39 is 6.10 Å². The summed E-state index contributed by atoms with van der Waals surface area (Å²) in [6.45, 7) is 7.16. The normalized spacial score (nSPS) is 16.3. The SMILES string of the molecule is CCCCC[N+]1(CC(O)COc2ccc(Cl)cc2)CCN(C(=O)N(C)c2ccccc2)CC1. The van der Waals surface area contributed by atoms with Crippen molar-refractivity contribution in [1.82, 2.24) is 4.90 Å². The minimum Gasteiger partial charge on any atom is -0.491 e. The molecule has 0 aromatic heterocycles. The Bertz CT molecular complexity index is 855. The predicted octanol–water partition coefficient (Wildman–Crippen LogP) is 4.66. The van der Waals surface area contributed by atoms with Crippen molar-refractivity contribution >= 4 is 23.3 Å². The standard InChI is InChI=1S/C26H37ClN3O3/c1-3-4-8-17-30(20-24(31)21-33-25-13-11-22(27)12-14-25)18-15-29(16-19-30)26(32)28(2)23-9-6-5-7-10-23/h5-7,9-14,24,31H,3-4,8,15-21H2,1-2H3/q+1. The van der Waals surface area contributed by atoms with Gasteiger partial charge in [-0.15, -0.1) is 0 Å². The van der Waals surface area contributed by atoms with E-state index in [1.807, 2.05) is 54.4 Å². The van der Waals surface area contributed by atoms with Gasteiger partial charge in [-0.3, -0.25) is 4.90 Å². The smallest absolute Gasteiger partial charge is 0.324 e. The number of piperazine rings is 1. The van der Waals surface area contributed by atoms with Crippen molar-refractivity contribution in [2.24, 2.45) is 0 Å². The van der Waals surface area contributed by atoms with Crippen LogP contribution in [0.5, 0.6) is 5.75 Å². The molecular weight excluding hydrogens is 438 g/mol. The van der Waals surface area contributed by atoms with Crippen molar-refractivity contribution < 1.29 is 19.1 Å². The van der Waals surface area contributed by atoms with Crippen LogP contribution in [0.3, 0.4) is 0 Å². The largest absolute Gasteiger partial charge is 0.491 e. The maximum Gasteiger partial charge on any atom is 0.324 e. The fraction of sp³-hybridized carbons (Fsp3) is 0.500. The molecule has 180 valence electrons. The Hall–Kier alpha value is -2.28. The van der Waals surface area contributed by atoms with Crippen LogP contribution in [0.15, 0.2) is 54.6 Å². The van der Waals surface area contributed by atoms with Gasteiger partial charge in [0.25, 0.3) is 0 Å². The van der Waals surface area contributed by atoms with Crippen LogP contribution in [0, 0.1) is 0 Å². The fourth-order valence-electron chi connectivity index (χ4n) is 4.47. The molecule has 0 spiro atoms. The third-order valence-electron chi connectivity index (χ3n) is 6.48. The number of para-hydroxylation sites is 1. The first-order valence-corrected chi connectivity index (χ1v) is 12.3. The molecule has 0 saturated carbocycles. The number of ether oxygens (including phenoxy) is 1. The van der Waals surface area contributed by atoms with Crippen LogP contribution in [0.25, 0.3) is 0 Å². The molecule has 1 aliphatic heterocycles. The number of halogens is 1. The number of benzene rings is 2. The molecule has 1 atom stereocenters. The number of anilines is 1. The molecular formula is C26H37ClN3O3+. The minimum atomic E-state index is -0.573. The maximum absolute atomic E-state index is 13.0. The highest BCUT2D eigenvalue weighted by atomic mass is 35.5. The van der Waals surface area contributed by atoms with E-state index in [9.17, 15) is 9.90 Å². The zero-order valence-electron chi connectivity index (χ0n) is 19.8. The maximum atomic E-state index is 13.0. The number of amides is 2. The number of quaternary nitrogens is 1. The van der Waals surface area contributed by atoms with Crippen molar-refractivity contribution in [3.8, 4) is 5.75 Å². The summed E-state index contributed by atoms with van der Waals surface area (Å²) >= 11 is 5.93. The quantitative estimate of drug-likeness (QED) is 0.402. The van der Waals surface area contributed by atoms with E-state index >= 15 is 0 Å². The number of urea groups is 1. The van der Waals surface area contributed by atoms with E-state index in [1.165, 1.54) is 6.42 Å². The van der Waals surface area contributed by atoms with Gasteiger partial charge in [-0.25, -0.2) is 4.79 Å². The van der Waals surface area contributed by atoms with E-state index in [-0.39, 0.29) is 12.6 Å². The molecule has 1 saturated heterocycles. The number of unbranched alkanes of at least 4 members (excludes halogenated alkanes) is 2. The highest BCUT2D eigenvalue weighted by molar-refractivity contribution is 6.30. The number of aliphatic hydroxyl groups excluding tert-OH is 1. The van der Waals surface area contributed by atoms with Gasteiger partial charge in [-0.05, 0) is 49.2 Å². The highest BCUT2D eigenvalue weighted by Gasteiger charge is 2.37. The topological polar surface area (TPSA) is 53.0 Å². The lowest BCUT2D eigenvalue weighted by atomic mass is 10.1. The molecule has 0 aliphatic carbocycles. The first-order valence-electron chi connectivity index (χ1n) is 11.9. The summed E-state index contributed by atoms with van der Waals surface area (Å²) in [7, 11) is 1.83. The molecule has 1 N–H and O–H groups in total. The predicted molar refractivity (Wildman–Crippen MR) is 134 cm³/mol. The molecule has 0 bridgehead atoms. The van der Waals surface area contributed by atoms with E-state index in [2.05, 4.69) is 6.92 Å². The van der Waals surface area contributed by atoms with Gasteiger partial charge in [0.05, 0.1) is 32.7 Å². The Kier molecular flexibility index (Phi) is 9.41. The van der Waals surface area contributed by atoms with Gasteiger partial charge in [0.1, 0.15) is 25.0 Å². The van der Waals surface area contributed by atoms with E-state index in [1.54, 1.807) is 17.0 Å². The first kappa shape index (κ1) is 25.3.